The highest BCUT2D eigenvalue weighted by atomic mass is 15.2. The number of hydrogen-bond donors (Lipinski definition) is 2. The highest BCUT2D eigenvalue weighted by molar-refractivity contribution is 6.10. The minimum atomic E-state index is -0.0984. The third-order valence-corrected chi connectivity index (χ3v) is 10.8. The summed E-state index contributed by atoms with van der Waals surface area (Å²) in [6.45, 7) is 0. The van der Waals surface area contributed by atoms with Gasteiger partial charge in [-0.3, -0.25) is 10.6 Å². The van der Waals surface area contributed by atoms with E-state index in [2.05, 4.69) is 196 Å². The van der Waals surface area contributed by atoms with Crippen molar-refractivity contribution >= 4 is 43.6 Å². The van der Waals surface area contributed by atoms with Crippen molar-refractivity contribution in [3.63, 3.8) is 0 Å². The maximum atomic E-state index is 11.0. The highest BCUT2D eigenvalue weighted by Crippen LogP contribution is 2.42. The second-order valence-corrected chi connectivity index (χ2v) is 13.7. The molecular formula is C47H35N5. The molecule has 248 valence electrons. The second-order valence-electron chi connectivity index (χ2n) is 13.7. The van der Waals surface area contributed by atoms with Crippen LogP contribution in [0.5, 0.6) is 0 Å². The van der Waals surface area contributed by atoms with E-state index in [0.717, 1.165) is 45.4 Å². The van der Waals surface area contributed by atoms with Gasteiger partial charge < -0.3 is 9.13 Å². The molecule has 5 nitrogen and oxygen atoms in total. The zero-order valence-electron chi connectivity index (χ0n) is 28.4. The van der Waals surface area contributed by atoms with Crippen LogP contribution in [-0.4, -0.2) is 9.13 Å². The molecular weight excluding hydrogens is 635 g/mol. The summed E-state index contributed by atoms with van der Waals surface area (Å²) >= 11 is 0. The number of hydrogen-bond acceptors (Lipinski definition) is 3. The van der Waals surface area contributed by atoms with E-state index in [4.69, 9.17) is 0 Å². The predicted octanol–water partition coefficient (Wildman–Crippen LogP) is 10.8. The first-order valence-electron chi connectivity index (χ1n) is 17.9. The molecule has 10 rings (SSSR count). The Morgan fingerprint density at radius 3 is 1.38 bits per heavy atom. The lowest BCUT2D eigenvalue weighted by molar-refractivity contribution is 0.247. The van der Waals surface area contributed by atoms with Crippen LogP contribution in [0, 0.1) is 11.3 Å². The molecule has 1 saturated heterocycles. The lowest BCUT2D eigenvalue weighted by Crippen LogP contribution is -2.45. The molecule has 1 aliphatic heterocycles. The highest BCUT2D eigenvalue weighted by Gasteiger charge is 2.33. The molecule has 0 spiro atoms. The van der Waals surface area contributed by atoms with Crippen molar-refractivity contribution < 1.29 is 0 Å². The molecule has 7 aromatic carbocycles. The summed E-state index contributed by atoms with van der Waals surface area (Å²) in [6, 6.07) is 62.8. The fraction of sp³-hybridized carbons (Fsp3) is 0.0851. The van der Waals surface area contributed by atoms with Crippen molar-refractivity contribution in [3.8, 4) is 17.4 Å². The first-order chi connectivity index (χ1) is 25.8. The van der Waals surface area contributed by atoms with Crippen molar-refractivity contribution in [2.24, 2.45) is 0 Å². The summed E-state index contributed by atoms with van der Waals surface area (Å²) in [5.74, 6) is 0. The molecule has 3 heterocycles. The number of nitrogens with zero attached hydrogens (tertiary/aromatic N) is 3. The molecule has 0 radical (unpaired) electrons. The first-order valence-corrected chi connectivity index (χ1v) is 17.9. The van der Waals surface area contributed by atoms with Gasteiger partial charge in [-0.05, 0) is 59.5 Å². The molecule has 0 saturated carbocycles. The monoisotopic (exact) mass is 669 g/mol. The Labute approximate surface area is 302 Å². The third-order valence-electron chi connectivity index (χ3n) is 10.8. The maximum Gasteiger partial charge on any atom is 0.101 e. The van der Waals surface area contributed by atoms with E-state index in [-0.39, 0.29) is 18.2 Å². The average Bonchev–Trinajstić information content (AvgIpc) is 3.74. The molecule has 9 aromatic rings. The van der Waals surface area contributed by atoms with Gasteiger partial charge in [0.2, 0.25) is 0 Å². The molecule has 1 fully saturated rings. The van der Waals surface area contributed by atoms with Crippen LogP contribution in [0.2, 0.25) is 0 Å². The summed E-state index contributed by atoms with van der Waals surface area (Å²) in [7, 11) is 0. The summed E-state index contributed by atoms with van der Waals surface area (Å²) in [5.41, 5.74) is 10.5. The van der Waals surface area contributed by atoms with E-state index in [1.165, 1.54) is 32.7 Å². The average molecular weight is 670 g/mol. The summed E-state index contributed by atoms with van der Waals surface area (Å²) < 4.78 is 4.69. The zero-order chi connectivity index (χ0) is 34.6. The summed E-state index contributed by atoms with van der Waals surface area (Å²) in [4.78, 5) is 0. The van der Waals surface area contributed by atoms with Crippen LogP contribution in [0.4, 0.5) is 0 Å². The van der Waals surface area contributed by atoms with Gasteiger partial charge in [0, 0.05) is 33.6 Å². The van der Waals surface area contributed by atoms with E-state index in [9.17, 15) is 5.26 Å². The number of nitriles is 1. The molecule has 1 aliphatic rings. The van der Waals surface area contributed by atoms with Crippen molar-refractivity contribution in [1.82, 2.24) is 19.8 Å². The normalized spacial score (nSPS) is 17.6. The number of para-hydroxylation sites is 4. The van der Waals surface area contributed by atoms with Gasteiger partial charge in [-0.2, -0.15) is 5.26 Å². The maximum absolute atomic E-state index is 11.0. The number of nitrogens with one attached hydrogen (secondary N) is 2. The Bertz CT molecular complexity index is 2650. The number of aromatic nitrogens is 2. The zero-order valence-corrected chi connectivity index (χ0v) is 28.4. The second kappa shape index (κ2) is 12.4. The number of benzene rings is 7. The minimum Gasteiger partial charge on any atom is -0.309 e. The Kier molecular flexibility index (Phi) is 7.24. The number of rotatable bonds is 5. The largest absolute Gasteiger partial charge is 0.309 e. The minimum absolute atomic E-state index is 0.0779. The molecule has 2 N–H and O–H groups in total. The standard InChI is InChI=1S/C47H35N5/c48-30-33-27-38(40-28-39(31-15-3-1-4-16-31)49-47(50-40)32-17-5-2-6-18-32)46(52-43-25-13-9-21-36(43)37-22-10-14-26-44(37)52)29-45(33)51-41-23-11-7-19-34(41)35-20-8-12-24-42(35)51/h1-27,29,39-40,47,49-50H,28H2. The molecule has 0 amide bonds. The van der Waals surface area contributed by atoms with Crippen molar-refractivity contribution in [1.29, 1.82) is 5.26 Å². The Morgan fingerprint density at radius 2 is 0.885 bits per heavy atom. The van der Waals surface area contributed by atoms with Crippen LogP contribution < -0.4 is 10.6 Å². The molecule has 5 heteroatoms. The van der Waals surface area contributed by atoms with Gasteiger partial charge in [-0.15, -0.1) is 0 Å². The van der Waals surface area contributed by atoms with Gasteiger partial charge in [0.1, 0.15) is 6.07 Å². The van der Waals surface area contributed by atoms with Gasteiger partial charge in [-0.1, -0.05) is 133 Å². The first kappa shape index (κ1) is 30.4. The molecule has 0 aliphatic carbocycles. The van der Waals surface area contributed by atoms with Crippen molar-refractivity contribution in [3.05, 3.63) is 192 Å². The smallest absolute Gasteiger partial charge is 0.101 e. The van der Waals surface area contributed by atoms with Gasteiger partial charge in [-0.25, -0.2) is 0 Å². The Balaban J connectivity index is 1.27. The third kappa shape index (κ3) is 4.85. The van der Waals surface area contributed by atoms with Crippen LogP contribution in [0.15, 0.2) is 170 Å². The van der Waals surface area contributed by atoms with Gasteiger partial charge in [0.05, 0.1) is 45.2 Å². The quantitative estimate of drug-likeness (QED) is 0.192. The molecule has 2 aromatic heterocycles. The van der Waals surface area contributed by atoms with Gasteiger partial charge in [0.15, 0.2) is 0 Å². The van der Waals surface area contributed by atoms with E-state index < -0.39 is 0 Å². The SMILES string of the molecule is N#Cc1cc(C2CC(c3ccccc3)NC(c3ccccc3)N2)c(-n2c3ccccc3c3ccccc32)cc1-n1c2ccccc2c2ccccc21. The topological polar surface area (TPSA) is 57.7 Å². The summed E-state index contributed by atoms with van der Waals surface area (Å²) in [5, 5.41) is 23.7. The molecule has 0 bridgehead atoms. The van der Waals surface area contributed by atoms with E-state index in [0.29, 0.717) is 5.56 Å². The van der Waals surface area contributed by atoms with Gasteiger partial charge >= 0.3 is 0 Å². The lowest BCUT2D eigenvalue weighted by atomic mass is 9.89. The van der Waals surface area contributed by atoms with Crippen LogP contribution in [0.1, 0.15) is 46.9 Å². The fourth-order valence-electron chi connectivity index (χ4n) is 8.50. The van der Waals surface area contributed by atoms with Crippen LogP contribution in [-0.2, 0) is 0 Å². The van der Waals surface area contributed by atoms with E-state index >= 15 is 0 Å². The van der Waals surface area contributed by atoms with Crippen LogP contribution in [0.25, 0.3) is 55.0 Å². The molecule has 3 unspecified atom stereocenters. The van der Waals surface area contributed by atoms with Gasteiger partial charge in [0.25, 0.3) is 0 Å². The van der Waals surface area contributed by atoms with Crippen molar-refractivity contribution in [2.45, 2.75) is 24.7 Å². The lowest BCUT2D eigenvalue weighted by Gasteiger charge is -2.39. The van der Waals surface area contributed by atoms with Crippen LogP contribution in [0.3, 0.4) is 0 Å². The Hall–Kier alpha value is -6.45. The Morgan fingerprint density at radius 1 is 0.462 bits per heavy atom. The molecule has 3 atom stereocenters. The predicted molar refractivity (Wildman–Crippen MR) is 212 cm³/mol. The van der Waals surface area contributed by atoms with E-state index in [1.54, 1.807) is 0 Å². The van der Waals surface area contributed by atoms with Crippen LogP contribution >= 0.6 is 0 Å². The summed E-state index contributed by atoms with van der Waals surface area (Å²) in [6.07, 6.45) is 0.704. The van der Waals surface area contributed by atoms with E-state index in [1.807, 2.05) is 0 Å². The molecule has 52 heavy (non-hydrogen) atoms. The number of fused-ring (bicyclic) bond motifs is 6. The van der Waals surface area contributed by atoms with Crippen molar-refractivity contribution in [2.75, 3.05) is 0 Å². The fourth-order valence-corrected chi connectivity index (χ4v) is 8.50.